The van der Waals surface area contributed by atoms with Crippen molar-refractivity contribution in [1.82, 2.24) is 20.6 Å². The Balaban J connectivity index is 1.92. The van der Waals surface area contributed by atoms with E-state index >= 15 is 0 Å². The minimum Gasteiger partial charge on any atom is -0.338 e. The molecular weight excluding hydrogens is 300 g/mol. The second-order valence-electron chi connectivity index (χ2n) is 3.90. The first-order chi connectivity index (χ1) is 9.58. The number of thioether (sulfide) groups is 1. The van der Waals surface area contributed by atoms with Crippen molar-refractivity contribution in [3.8, 4) is 0 Å². The highest BCUT2D eigenvalue weighted by molar-refractivity contribution is 7.99. The molecule has 1 aromatic carbocycles. The number of imidazole rings is 1. The molecule has 2 rings (SSSR count). The fraction of sp³-hybridized carbons (Fsp3) is 0.250. The smallest absolute Gasteiger partial charge is 0.321 e. The molecule has 0 aliphatic heterocycles. The number of halogens is 1. The molecule has 3 amide bonds. The molecule has 8 heteroatoms. The van der Waals surface area contributed by atoms with Crippen LogP contribution in [-0.4, -0.2) is 34.2 Å². The number of H-pyrrole nitrogens is 1. The number of rotatable bonds is 4. The van der Waals surface area contributed by atoms with Gasteiger partial charge < -0.3 is 10.3 Å². The minimum absolute atomic E-state index is 0.102. The van der Waals surface area contributed by atoms with Crippen molar-refractivity contribution >= 4 is 46.3 Å². The van der Waals surface area contributed by atoms with E-state index in [9.17, 15) is 9.59 Å². The molecule has 0 radical (unpaired) electrons. The van der Waals surface area contributed by atoms with Gasteiger partial charge in [-0.25, -0.2) is 9.78 Å². The lowest BCUT2D eigenvalue weighted by atomic mass is 10.3. The Hall–Kier alpha value is -1.73. The third-order valence-electron chi connectivity index (χ3n) is 2.35. The molecule has 1 heterocycles. The van der Waals surface area contributed by atoms with Gasteiger partial charge in [-0.3, -0.25) is 10.1 Å². The number of carbonyl (C=O) groups is 2. The maximum atomic E-state index is 11.5. The van der Waals surface area contributed by atoms with E-state index in [0.717, 1.165) is 11.0 Å². The van der Waals surface area contributed by atoms with Crippen molar-refractivity contribution in [2.45, 2.75) is 12.1 Å². The number of nitrogens with zero attached hydrogens (tertiary/aromatic N) is 1. The minimum atomic E-state index is -0.491. The predicted molar refractivity (Wildman–Crippen MR) is 79.0 cm³/mol. The van der Waals surface area contributed by atoms with Crippen LogP contribution in [0.4, 0.5) is 4.79 Å². The lowest BCUT2D eigenvalue weighted by Gasteiger charge is -2.03. The first-order valence-electron chi connectivity index (χ1n) is 5.94. The fourth-order valence-electron chi connectivity index (χ4n) is 1.53. The number of amides is 3. The maximum absolute atomic E-state index is 11.5. The summed E-state index contributed by atoms with van der Waals surface area (Å²) in [6.45, 7) is 2.24. The van der Waals surface area contributed by atoms with Gasteiger partial charge in [0.2, 0.25) is 5.91 Å². The average Bonchev–Trinajstić information content (AvgIpc) is 2.78. The van der Waals surface area contributed by atoms with Crippen LogP contribution in [0.15, 0.2) is 23.4 Å². The first-order valence-corrected chi connectivity index (χ1v) is 7.30. The number of fused-ring (bicyclic) bond motifs is 1. The van der Waals surface area contributed by atoms with Crippen molar-refractivity contribution in [1.29, 1.82) is 0 Å². The summed E-state index contributed by atoms with van der Waals surface area (Å²) in [5, 5.41) is 5.93. The summed E-state index contributed by atoms with van der Waals surface area (Å²) in [5.74, 6) is -0.274. The first kappa shape index (κ1) is 14.7. The molecule has 0 atom stereocenters. The van der Waals surface area contributed by atoms with Crippen molar-refractivity contribution in [2.75, 3.05) is 12.3 Å². The number of carbonyl (C=O) groups excluding carboxylic acids is 2. The molecule has 0 saturated carbocycles. The van der Waals surface area contributed by atoms with Gasteiger partial charge in [0, 0.05) is 11.6 Å². The van der Waals surface area contributed by atoms with Gasteiger partial charge in [0.05, 0.1) is 16.8 Å². The number of imide groups is 1. The number of aromatic nitrogens is 2. The SMILES string of the molecule is CCNC(=O)NC(=O)CSc1nc2ccc(Cl)cc2[nH]1. The van der Waals surface area contributed by atoms with E-state index in [2.05, 4.69) is 20.6 Å². The van der Waals surface area contributed by atoms with Gasteiger partial charge in [0.25, 0.3) is 0 Å². The van der Waals surface area contributed by atoms with E-state index in [1.165, 1.54) is 11.8 Å². The Morgan fingerprint density at radius 3 is 3.00 bits per heavy atom. The van der Waals surface area contributed by atoms with Crippen LogP contribution < -0.4 is 10.6 Å². The molecule has 0 aliphatic rings. The highest BCUT2D eigenvalue weighted by atomic mass is 35.5. The van der Waals surface area contributed by atoms with Gasteiger partial charge in [-0.2, -0.15) is 0 Å². The zero-order chi connectivity index (χ0) is 14.5. The van der Waals surface area contributed by atoms with Gasteiger partial charge in [0.15, 0.2) is 5.16 Å². The molecule has 0 saturated heterocycles. The number of hydrogen-bond acceptors (Lipinski definition) is 4. The largest absolute Gasteiger partial charge is 0.338 e. The van der Waals surface area contributed by atoms with E-state index < -0.39 is 6.03 Å². The highest BCUT2D eigenvalue weighted by Gasteiger charge is 2.09. The van der Waals surface area contributed by atoms with Crippen molar-refractivity contribution in [3.63, 3.8) is 0 Å². The third-order valence-corrected chi connectivity index (χ3v) is 3.46. The molecule has 0 aliphatic carbocycles. The molecule has 6 nitrogen and oxygen atoms in total. The summed E-state index contributed by atoms with van der Waals surface area (Å²) in [6, 6.07) is 4.82. The van der Waals surface area contributed by atoms with Crippen molar-refractivity contribution in [3.05, 3.63) is 23.2 Å². The van der Waals surface area contributed by atoms with Crippen molar-refractivity contribution in [2.24, 2.45) is 0 Å². The molecule has 0 fully saturated rings. The molecular formula is C12H13ClN4O2S. The standard InChI is InChI=1S/C12H13ClN4O2S/c1-2-14-11(19)17-10(18)6-20-12-15-8-4-3-7(13)5-9(8)16-12/h3-5H,2,6H2,1H3,(H,15,16)(H2,14,17,18,19). The molecule has 0 spiro atoms. The number of urea groups is 1. The van der Waals surface area contributed by atoms with E-state index in [4.69, 9.17) is 11.6 Å². The summed E-state index contributed by atoms with van der Waals surface area (Å²) in [5.41, 5.74) is 1.59. The molecule has 0 unspecified atom stereocenters. The Labute approximate surface area is 124 Å². The number of aromatic amines is 1. The van der Waals surface area contributed by atoms with Crippen LogP contribution in [0.1, 0.15) is 6.92 Å². The number of benzene rings is 1. The van der Waals surface area contributed by atoms with E-state index in [1.54, 1.807) is 25.1 Å². The van der Waals surface area contributed by atoms with Crippen LogP contribution in [0.3, 0.4) is 0 Å². The van der Waals surface area contributed by atoms with Crippen LogP contribution in [0.25, 0.3) is 11.0 Å². The molecule has 2 aromatic rings. The summed E-state index contributed by atoms with van der Waals surface area (Å²) in [4.78, 5) is 30.0. The molecule has 3 N–H and O–H groups in total. The Morgan fingerprint density at radius 2 is 2.25 bits per heavy atom. The highest BCUT2D eigenvalue weighted by Crippen LogP contribution is 2.21. The Bertz CT molecular complexity index is 643. The average molecular weight is 313 g/mol. The molecule has 1 aromatic heterocycles. The zero-order valence-corrected chi connectivity index (χ0v) is 12.3. The van der Waals surface area contributed by atoms with E-state index in [1.807, 2.05) is 0 Å². The van der Waals surface area contributed by atoms with Crippen LogP contribution in [0, 0.1) is 0 Å². The summed E-state index contributed by atoms with van der Waals surface area (Å²) >= 11 is 7.10. The van der Waals surface area contributed by atoms with E-state index in [-0.39, 0.29) is 11.7 Å². The summed E-state index contributed by atoms with van der Waals surface area (Å²) < 4.78 is 0. The zero-order valence-electron chi connectivity index (χ0n) is 10.7. The Kier molecular flexibility index (Phi) is 4.86. The summed E-state index contributed by atoms with van der Waals surface area (Å²) in [6.07, 6.45) is 0. The Morgan fingerprint density at radius 1 is 1.45 bits per heavy atom. The lowest BCUT2D eigenvalue weighted by Crippen LogP contribution is -2.40. The lowest BCUT2D eigenvalue weighted by molar-refractivity contribution is -0.117. The van der Waals surface area contributed by atoms with Crippen molar-refractivity contribution < 1.29 is 9.59 Å². The summed E-state index contributed by atoms with van der Waals surface area (Å²) in [7, 11) is 0. The second kappa shape index (κ2) is 6.62. The maximum Gasteiger partial charge on any atom is 0.321 e. The quantitative estimate of drug-likeness (QED) is 0.755. The monoisotopic (exact) mass is 312 g/mol. The number of hydrogen-bond donors (Lipinski definition) is 3. The fourth-order valence-corrected chi connectivity index (χ4v) is 2.39. The van der Waals surface area contributed by atoms with Gasteiger partial charge in [-0.05, 0) is 25.1 Å². The van der Waals surface area contributed by atoms with Gasteiger partial charge >= 0.3 is 6.03 Å². The molecule has 20 heavy (non-hydrogen) atoms. The second-order valence-corrected chi connectivity index (χ2v) is 5.30. The normalized spacial score (nSPS) is 10.5. The third kappa shape index (κ3) is 3.88. The predicted octanol–water partition coefficient (Wildman–Crippen LogP) is 2.15. The topological polar surface area (TPSA) is 86.9 Å². The number of nitrogens with one attached hydrogen (secondary N) is 3. The van der Waals surface area contributed by atoms with Gasteiger partial charge in [-0.1, -0.05) is 23.4 Å². The molecule has 0 bridgehead atoms. The molecule has 106 valence electrons. The van der Waals surface area contributed by atoms with Gasteiger partial charge in [-0.15, -0.1) is 0 Å². The van der Waals surface area contributed by atoms with Crippen LogP contribution in [0.2, 0.25) is 5.02 Å². The van der Waals surface area contributed by atoms with Gasteiger partial charge in [0.1, 0.15) is 0 Å². The van der Waals surface area contributed by atoms with Crippen LogP contribution in [0.5, 0.6) is 0 Å². The van der Waals surface area contributed by atoms with Crippen LogP contribution >= 0.6 is 23.4 Å². The van der Waals surface area contributed by atoms with Crippen LogP contribution in [-0.2, 0) is 4.79 Å². The van der Waals surface area contributed by atoms with E-state index in [0.29, 0.717) is 16.7 Å².